The van der Waals surface area contributed by atoms with Crippen molar-refractivity contribution in [3.8, 4) is 0 Å². The molecule has 0 saturated heterocycles. The Morgan fingerprint density at radius 3 is 0.732 bits per heavy atom. The van der Waals surface area contributed by atoms with E-state index in [4.69, 9.17) is 37.0 Å². The van der Waals surface area contributed by atoms with Gasteiger partial charge in [0.2, 0.25) is 0 Å². The minimum absolute atomic E-state index is 0.106. The molecule has 0 radical (unpaired) electrons. The molecule has 0 fully saturated rings. The number of aliphatic hydroxyl groups excluding tert-OH is 1. The molecule has 0 spiro atoms. The number of phosphoric acid groups is 2. The van der Waals surface area contributed by atoms with Crippen molar-refractivity contribution in [1.29, 1.82) is 0 Å². The van der Waals surface area contributed by atoms with Crippen LogP contribution >= 0.6 is 15.6 Å². The first-order chi connectivity index (χ1) is 46.7. The first-order valence-corrected chi connectivity index (χ1v) is 43.3. The summed E-state index contributed by atoms with van der Waals surface area (Å²) in [5.74, 6) is 1.03. The molecule has 0 aromatic heterocycles. The zero-order valence-electron chi connectivity index (χ0n) is 63.7. The van der Waals surface area contributed by atoms with E-state index in [9.17, 15) is 43.2 Å². The summed E-state index contributed by atoms with van der Waals surface area (Å²) in [7, 11) is -9.92. The molecular weight excluding hydrogens is 1270 g/mol. The van der Waals surface area contributed by atoms with Crippen LogP contribution in [-0.2, 0) is 65.4 Å². The highest BCUT2D eigenvalue weighted by atomic mass is 31.2. The molecule has 0 aromatic carbocycles. The van der Waals surface area contributed by atoms with Crippen LogP contribution in [0.2, 0.25) is 0 Å². The van der Waals surface area contributed by atoms with Crippen LogP contribution in [0.1, 0.15) is 396 Å². The van der Waals surface area contributed by atoms with Crippen LogP contribution < -0.4 is 0 Å². The molecule has 0 saturated carbocycles. The summed E-state index contributed by atoms with van der Waals surface area (Å²) in [5.41, 5.74) is 0. The van der Waals surface area contributed by atoms with Crippen LogP contribution in [0.4, 0.5) is 0 Å². The van der Waals surface area contributed by atoms with Gasteiger partial charge >= 0.3 is 39.5 Å². The summed E-state index contributed by atoms with van der Waals surface area (Å²) >= 11 is 0. The van der Waals surface area contributed by atoms with Crippen LogP contribution in [0.25, 0.3) is 0 Å². The Morgan fingerprint density at radius 1 is 0.289 bits per heavy atom. The number of phosphoric ester groups is 2. The van der Waals surface area contributed by atoms with Gasteiger partial charge in [0.05, 0.1) is 26.4 Å². The minimum atomic E-state index is -4.96. The predicted molar refractivity (Wildman–Crippen MR) is 395 cm³/mol. The van der Waals surface area contributed by atoms with Crippen molar-refractivity contribution < 1.29 is 80.2 Å². The maximum atomic E-state index is 13.1. The molecule has 576 valence electrons. The summed E-state index contributed by atoms with van der Waals surface area (Å²) < 4.78 is 68.6. The average molecular weight is 1420 g/mol. The summed E-state index contributed by atoms with van der Waals surface area (Å²) in [5, 5.41) is 10.6. The van der Waals surface area contributed by atoms with Crippen molar-refractivity contribution in [2.24, 2.45) is 23.7 Å². The molecule has 0 heterocycles. The van der Waals surface area contributed by atoms with Crippen LogP contribution in [-0.4, -0.2) is 96.7 Å². The average Bonchev–Trinajstić information content (AvgIpc) is 1.28. The Balaban J connectivity index is 5.27. The van der Waals surface area contributed by atoms with Gasteiger partial charge in [0.15, 0.2) is 12.2 Å². The molecule has 5 unspecified atom stereocenters. The highest BCUT2D eigenvalue weighted by Crippen LogP contribution is 2.45. The lowest BCUT2D eigenvalue weighted by Gasteiger charge is -2.21. The van der Waals surface area contributed by atoms with Crippen molar-refractivity contribution >= 4 is 39.5 Å². The van der Waals surface area contributed by atoms with Gasteiger partial charge in [-0.2, -0.15) is 0 Å². The third-order valence-corrected chi connectivity index (χ3v) is 20.7. The first kappa shape index (κ1) is 95.1. The number of aliphatic hydroxyl groups is 1. The molecule has 0 rings (SSSR count). The van der Waals surface area contributed by atoms with E-state index < -0.39 is 97.5 Å². The van der Waals surface area contributed by atoms with Crippen molar-refractivity contribution in [3.05, 3.63) is 0 Å². The zero-order valence-corrected chi connectivity index (χ0v) is 65.5. The fourth-order valence-corrected chi connectivity index (χ4v) is 13.4. The number of unbranched alkanes of at least 4 members (excludes halogenated alkanes) is 39. The standard InChI is InChI=1S/C78H152O17P2/c1-9-70(7)56-48-40-32-23-17-13-11-12-14-18-26-36-44-52-60-77(82)94-73(64-88-75(80)58-50-42-34-25-21-20-24-33-41-49-57-71(8)10-2)66-92-96(84,85)90-62-72(79)63-91-97(86,87)93-67-74(65-89-76(81)59-51-43-35-29-28-31-39-47-55-69(5)6)95-78(83)61-53-45-37-27-19-15-16-22-30-38-46-54-68(3)4/h68-74,79H,9-67H2,1-8H3,(H,84,85)(H,86,87)/t70?,71?,72?,73-,74-/m1/s1. The van der Waals surface area contributed by atoms with E-state index in [1.165, 1.54) is 199 Å². The summed E-state index contributed by atoms with van der Waals surface area (Å²) in [6.45, 7) is 14.3. The molecule has 0 aliphatic carbocycles. The maximum Gasteiger partial charge on any atom is 0.472 e. The van der Waals surface area contributed by atoms with Gasteiger partial charge in [-0.15, -0.1) is 0 Å². The lowest BCUT2D eigenvalue weighted by Crippen LogP contribution is -2.30. The number of ether oxygens (including phenoxy) is 4. The lowest BCUT2D eigenvalue weighted by atomic mass is 9.99. The number of rotatable bonds is 75. The van der Waals surface area contributed by atoms with Gasteiger partial charge in [0.1, 0.15) is 19.3 Å². The molecule has 0 aromatic rings. The normalized spacial score (nSPS) is 14.6. The Morgan fingerprint density at radius 2 is 0.495 bits per heavy atom. The third kappa shape index (κ3) is 69.5. The third-order valence-electron chi connectivity index (χ3n) is 18.8. The highest BCUT2D eigenvalue weighted by molar-refractivity contribution is 7.47. The topological polar surface area (TPSA) is 237 Å². The van der Waals surface area contributed by atoms with Crippen LogP contribution in [0, 0.1) is 23.7 Å². The molecule has 0 amide bonds. The second-order valence-electron chi connectivity index (χ2n) is 29.5. The zero-order chi connectivity index (χ0) is 71.7. The second-order valence-corrected chi connectivity index (χ2v) is 32.4. The Labute approximate surface area is 594 Å². The molecule has 17 nitrogen and oxygen atoms in total. The fraction of sp³-hybridized carbons (Fsp3) is 0.949. The quantitative estimate of drug-likeness (QED) is 0.0222. The maximum absolute atomic E-state index is 13.1. The molecule has 0 aliphatic heterocycles. The van der Waals surface area contributed by atoms with E-state index in [1.54, 1.807) is 0 Å². The fourth-order valence-electron chi connectivity index (χ4n) is 11.8. The number of carbonyl (C=O) groups excluding carboxylic acids is 4. The van der Waals surface area contributed by atoms with Gasteiger partial charge in [0, 0.05) is 25.7 Å². The van der Waals surface area contributed by atoms with Gasteiger partial charge in [0.25, 0.3) is 0 Å². The van der Waals surface area contributed by atoms with Gasteiger partial charge in [-0.1, -0.05) is 344 Å². The molecular formula is C78H152O17P2. The van der Waals surface area contributed by atoms with Gasteiger partial charge < -0.3 is 33.8 Å². The Kier molecular flexibility index (Phi) is 65.9. The molecule has 97 heavy (non-hydrogen) atoms. The highest BCUT2D eigenvalue weighted by Gasteiger charge is 2.30. The van der Waals surface area contributed by atoms with E-state index in [1.807, 2.05) is 0 Å². The smallest absolute Gasteiger partial charge is 0.462 e. The number of esters is 4. The molecule has 19 heteroatoms. The number of carbonyl (C=O) groups is 4. The lowest BCUT2D eigenvalue weighted by molar-refractivity contribution is -0.161. The van der Waals surface area contributed by atoms with E-state index in [0.717, 1.165) is 114 Å². The van der Waals surface area contributed by atoms with Crippen LogP contribution in [0.3, 0.4) is 0 Å². The number of hydrogen-bond acceptors (Lipinski definition) is 15. The van der Waals surface area contributed by atoms with E-state index in [-0.39, 0.29) is 25.7 Å². The van der Waals surface area contributed by atoms with Crippen molar-refractivity contribution in [1.82, 2.24) is 0 Å². The molecule has 3 N–H and O–H groups in total. The SMILES string of the molecule is CCC(C)CCCCCCCCCCCCCCCCC(=O)O[C@H](COC(=O)CCCCCCCCCCCCC(C)CC)COP(=O)(O)OCC(O)COP(=O)(O)OC[C@@H](COC(=O)CCCCCCCCCCC(C)C)OC(=O)CCCCCCCCCCCCCC(C)C. The summed E-state index contributed by atoms with van der Waals surface area (Å²) in [6.07, 6.45) is 52.5. The number of hydrogen-bond donors (Lipinski definition) is 3. The summed E-state index contributed by atoms with van der Waals surface area (Å²) in [4.78, 5) is 72.9. The van der Waals surface area contributed by atoms with Gasteiger partial charge in [-0.3, -0.25) is 37.3 Å². The second kappa shape index (κ2) is 67.2. The van der Waals surface area contributed by atoms with Crippen LogP contribution in [0.5, 0.6) is 0 Å². The first-order valence-electron chi connectivity index (χ1n) is 40.3. The molecule has 0 aliphatic rings. The Bertz CT molecular complexity index is 1910. The Hall–Kier alpha value is -1.94. The largest absolute Gasteiger partial charge is 0.472 e. The van der Waals surface area contributed by atoms with Crippen molar-refractivity contribution in [2.75, 3.05) is 39.6 Å². The predicted octanol–water partition coefficient (Wildman–Crippen LogP) is 22.8. The van der Waals surface area contributed by atoms with Gasteiger partial charge in [-0.05, 0) is 49.4 Å². The van der Waals surface area contributed by atoms with Gasteiger partial charge in [-0.25, -0.2) is 9.13 Å². The molecule has 7 atom stereocenters. The van der Waals surface area contributed by atoms with Crippen molar-refractivity contribution in [3.63, 3.8) is 0 Å². The van der Waals surface area contributed by atoms with Crippen molar-refractivity contribution in [2.45, 2.75) is 414 Å². The minimum Gasteiger partial charge on any atom is -0.462 e. The van der Waals surface area contributed by atoms with E-state index in [0.29, 0.717) is 25.7 Å². The summed E-state index contributed by atoms with van der Waals surface area (Å²) in [6, 6.07) is 0. The monoisotopic (exact) mass is 1420 g/mol. The van der Waals surface area contributed by atoms with Crippen LogP contribution in [0.15, 0.2) is 0 Å². The molecule has 0 bridgehead atoms. The van der Waals surface area contributed by atoms with E-state index in [2.05, 4.69) is 55.4 Å². The van der Waals surface area contributed by atoms with E-state index >= 15 is 0 Å².